The predicted molar refractivity (Wildman–Crippen MR) is 163 cm³/mol. The second-order valence-corrected chi connectivity index (χ2v) is 12.3. The third-order valence-corrected chi connectivity index (χ3v) is 9.30. The van der Waals surface area contributed by atoms with Gasteiger partial charge in [0.1, 0.15) is 17.9 Å². The van der Waals surface area contributed by atoms with Crippen LogP contribution in [0.15, 0.2) is 72.8 Å². The Morgan fingerprint density at radius 3 is 2.23 bits per heavy atom. The van der Waals surface area contributed by atoms with Gasteiger partial charge in [-0.2, -0.15) is 0 Å². The molecule has 3 atom stereocenters. The zero-order chi connectivity index (χ0) is 27.9. The molecule has 3 fully saturated rings. The van der Waals surface area contributed by atoms with E-state index in [-0.39, 0.29) is 6.04 Å². The summed E-state index contributed by atoms with van der Waals surface area (Å²) in [6, 6.07) is 25.1. The fourth-order valence-corrected chi connectivity index (χ4v) is 7.01. The monoisotopic (exact) mass is 542 g/mol. The first kappa shape index (κ1) is 28.6. The first-order chi connectivity index (χ1) is 19.5. The van der Waals surface area contributed by atoms with Crippen LogP contribution in [0.2, 0.25) is 0 Å². The third-order valence-electron chi connectivity index (χ3n) is 9.30. The number of fused-ring (bicyclic) bond motifs is 1. The van der Waals surface area contributed by atoms with Gasteiger partial charge in [0, 0.05) is 32.1 Å². The molecule has 3 aliphatic rings. The van der Waals surface area contributed by atoms with Crippen molar-refractivity contribution in [3.63, 3.8) is 0 Å². The van der Waals surface area contributed by atoms with Crippen LogP contribution in [0.3, 0.4) is 0 Å². The van der Waals surface area contributed by atoms with Crippen LogP contribution in [0.4, 0.5) is 0 Å². The molecule has 0 radical (unpaired) electrons. The molecule has 6 rings (SSSR count). The summed E-state index contributed by atoms with van der Waals surface area (Å²) in [4.78, 5) is 16.5. The van der Waals surface area contributed by atoms with Crippen molar-refractivity contribution in [3.05, 3.63) is 78.4 Å². The molecule has 1 N–H and O–H groups in total. The zero-order valence-electron chi connectivity index (χ0n) is 24.3. The number of rotatable bonds is 6. The highest BCUT2D eigenvalue weighted by Crippen LogP contribution is 2.37. The van der Waals surface area contributed by atoms with Gasteiger partial charge < -0.3 is 14.7 Å². The van der Waals surface area contributed by atoms with Crippen molar-refractivity contribution in [1.29, 1.82) is 0 Å². The fraction of sp³-hybridized carbons (Fsp3) is 0.514. The fourth-order valence-electron chi connectivity index (χ4n) is 7.01. The smallest absolute Gasteiger partial charge is 0.321 e. The van der Waals surface area contributed by atoms with Gasteiger partial charge in [0.2, 0.25) is 0 Å². The highest BCUT2D eigenvalue weighted by atomic mass is 16.5. The predicted octanol–water partition coefficient (Wildman–Crippen LogP) is 7.07. The normalized spacial score (nSPS) is 23.9. The van der Waals surface area contributed by atoms with Gasteiger partial charge in [-0.05, 0) is 73.0 Å². The van der Waals surface area contributed by atoms with Gasteiger partial charge in [-0.25, -0.2) is 0 Å². The molecule has 2 aliphatic heterocycles. The summed E-state index contributed by atoms with van der Waals surface area (Å²) in [6.07, 6.45) is 8.45. The van der Waals surface area contributed by atoms with E-state index < -0.39 is 5.97 Å². The quantitative estimate of drug-likeness (QED) is 0.361. The van der Waals surface area contributed by atoms with Crippen LogP contribution >= 0.6 is 0 Å². The van der Waals surface area contributed by atoms with E-state index in [2.05, 4.69) is 90.5 Å². The largest absolute Gasteiger partial charge is 0.490 e. The summed E-state index contributed by atoms with van der Waals surface area (Å²) < 4.78 is 6.09. The summed E-state index contributed by atoms with van der Waals surface area (Å²) in [5.41, 5.74) is 1.35. The molecule has 0 bridgehead atoms. The van der Waals surface area contributed by atoms with Gasteiger partial charge >= 0.3 is 5.97 Å². The lowest BCUT2D eigenvalue weighted by molar-refractivity contribution is -0.145. The van der Waals surface area contributed by atoms with Crippen LogP contribution in [0, 0.1) is 11.8 Å². The molecule has 1 saturated carbocycles. The van der Waals surface area contributed by atoms with Gasteiger partial charge in [0.15, 0.2) is 0 Å². The summed E-state index contributed by atoms with van der Waals surface area (Å²) in [5.74, 6) is 1.71. The summed E-state index contributed by atoms with van der Waals surface area (Å²) >= 11 is 0. The SMILES string of the molecule is CC1CN([C@@H](C(=O)O)C2CCCCC2)CC1c1ccccc1.CN1CCC(Oc2ccc3ccccc3c2)CC1. The summed E-state index contributed by atoms with van der Waals surface area (Å²) in [7, 11) is 2.17. The Hall–Kier alpha value is -2.89. The van der Waals surface area contributed by atoms with Gasteiger partial charge in [-0.3, -0.25) is 9.69 Å². The Morgan fingerprint density at radius 2 is 1.52 bits per heavy atom. The summed E-state index contributed by atoms with van der Waals surface area (Å²) in [5, 5.41) is 12.3. The van der Waals surface area contributed by atoms with Crippen LogP contribution in [0.5, 0.6) is 5.75 Å². The van der Waals surface area contributed by atoms with E-state index in [4.69, 9.17) is 4.74 Å². The molecule has 3 aromatic carbocycles. The average molecular weight is 543 g/mol. The second kappa shape index (κ2) is 13.6. The molecule has 214 valence electrons. The van der Waals surface area contributed by atoms with Crippen LogP contribution in [0.1, 0.15) is 63.4 Å². The molecule has 0 amide bonds. The van der Waals surface area contributed by atoms with Crippen LogP contribution in [-0.4, -0.2) is 66.2 Å². The van der Waals surface area contributed by atoms with Gasteiger partial charge in [0.05, 0.1) is 0 Å². The highest BCUT2D eigenvalue weighted by Gasteiger charge is 2.41. The highest BCUT2D eigenvalue weighted by molar-refractivity contribution is 5.83. The van der Waals surface area contributed by atoms with Crippen molar-refractivity contribution in [2.45, 2.75) is 69.9 Å². The maximum Gasteiger partial charge on any atom is 0.321 e. The molecular formula is C35H46N2O3. The van der Waals surface area contributed by atoms with Crippen molar-refractivity contribution < 1.29 is 14.6 Å². The van der Waals surface area contributed by atoms with E-state index in [9.17, 15) is 9.90 Å². The lowest BCUT2D eigenvalue weighted by atomic mass is 9.83. The van der Waals surface area contributed by atoms with Gasteiger partial charge in [-0.1, -0.05) is 86.8 Å². The van der Waals surface area contributed by atoms with E-state index in [0.717, 1.165) is 57.6 Å². The molecule has 0 aromatic heterocycles. The van der Waals surface area contributed by atoms with Crippen molar-refractivity contribution in [2.24, 2.45) is 11.8 Å². The minimum Gasteiger partial charge on any atom is -0.490 e. The van der Waals surface area contributed by atoms with E-state index >= 15 is 0 Å². The summed E-state index contributed by atoms with van der Waals surface area (Å²) in [6.45, 7) is 6.33. The topological polar surface area (TPSA) is 53.0 Å². The number of carboxylic acids is 1. The molecule has 1 aliphatic carbocycles. The Labute approximate surface area is 240 Å². The number of likely N-dealkylation sites (tertiary alicyclic amines) is 2. The standard InChI is InChI=1S/C19H27NO2.C16H19NO/c1-14-12-20(13-17(14)15-8-4-2-5-9-15)18(19(21)22)16-10-6-3-7-11-16;1-17-10-8-15(9-11-17)18-16-7-6-13-4-2-3-5-14(13)12-16/h2,4-5,8-9,14,16-18H,3,6-7,10-13H2,1H3,(H,21,22);2-7,12,15H,8-11H2,1H3/t14?,17?,18-;/m1./s1. The van der Waals surface area contributed by atoms with E-state index in [0.29, 0.717) is 23.9 Å². The number of piperidine rings is 1. The zero-order valence-corrected chi connectivity index (χ0v) is 24.3. The van der Waals surface area contributed by atoms with Gasteiger partial charge in [-0.15, -0.1) is 0 Å². The minimum atomic E-state index is -0.618. The molecule has 40 heavy (non-hydrogen) atoms. The average Bonchev–Trinajstić information content (AvgIpc) is 3.36. The second-order valence-electron chi connectivity index (χ2n) is 12.3. The van der Waals surface area contributed by atoms with E-state index in [1.54, 1.807) is 0 Å². The number of aliphatic carboxylic acids is 1. The Kier molecular flexibility index (Phi) is 9.77. The number of nitrogens with zero attached hydrogens (tertiary/aromatic N) is 2. The molecule has 2 saturated heterocycles. The number of hydrogen-bond acceptors (Lipinski definition) is 4. The van der Waals surface area contributed by atoms with Crippen LogP contribution in [-0.2, 0) is 4.79 Å². The molecule has 5 heteroatoms. The molecule has 2 unspecified atom stereocenters. The molecule has 5 nitrogen and oxygen atoms in total. The lowest BCUT2D eigenvalue weighted by Gasteiger charge is -2.33. The van der Waals surface area contributed by atoms with Crippen molar-refractivity contribution in [2.75, 3.05) is 33.2 Å². The Bertz CT molecular complexity index is 1220. The van der Waals surface area contributed by atoms with Crippen LogP contribution in [0.25, 0.3) is 10.8 Å². The maximum atomic E-state index is 11.9. The van der Waals surface area contributed by atoms with Gasteiger partial charge in [0.25, 0.3) is 0 Å². The van der Waals surface area contributed by atoms with Crippen molar-refractivity contribution >= 4 is 16.7 Å². The Balaban J connectivity index is 0.000000164. The molecule has 2 heterocycles. The van der Waals surface area contributed by atoms with Crippen molar-refractivity contribution in [3.8, 4) is 5.75 Å². The number of carbonyl (C=O) groups is 1. The van der Waals surface area contributed by atoms with Crippen LogP contribution < -0.4 is 4.74 Å². The minimum absolute atomic E-state index is 0.281. The van der Waals surface area contributed by atoms with E-state index in [1.165, 1.54) is 35.6 Å². The lowest BCUT2D eigenvalue weighted by Crippen LogP contribution is -2.45. The first-order valence-corrected chi connectivity index (χ1v) is 15.3. The molecular weight excluding hydrogens is 496 g/mol. The molecule has 3 aromatic rings. The number of ether oxygens (including phenoxy) is 1. The maximum absolute atomic E-state index is 11.9. The first-order valence-electron chi connectivity index (χ1n) is 15.3. The number of carboxylic acid groups (broad SMARTS) is 1. The van der Waals surface area contributed by atoms with Crippen molar-refractivity contribution in [1.82, 2.24) is 9.80 Å². The number of hydrogen-bond donors (Lipinski definition) is 1. The Morgan fingerprint density at radius 1 is 0.850 bits per heavy atom. The number of benzene rings is 3. The van der Waals surface area contributed by atoms with E-state index in [1.807, 2.05) is 6.07 Å². The molecule has 0 spiro atoms. The third kappa shape index (κ3) is 7.24.